The van der Waals surface area contributed by atoms with Gasteiger partial charge in [0.05, 0.1) is 5.56 Å². The average Bonchev–Trinajstić information content (AvgIpc) is 2.46. The van der Waals surface area contributed by atoms with E-state index in [4.69, 9.17) is 4.74 Å². The summed E-state index contributed by atoms with van der Waals surface area (Å²) in [5.41, 5.74) is 0.567. The van der Waals surface area contributed by atoms with E-state index in [1.807, 2.05) is 12.1 Å². The maximum absolute atomic E-state index is 11.5. The molecule has 0 amide bonds. The first-order valence-electron chi connectivity index (χ1n) is 7.30. The molecular weight excluding hydrogens is 290 g/mol. The smallest absolute Gasteiger partial charge is 0.163 e. The largest absolute Gasteiger partial charge is 0.490 e. The monoisotopic (exact) mass is 313 g/mol. The first-order valence-corrected chi connectivity index (χ1v) is 7.30. The Bertz CT molecular complexity index is 447. The van der Waals surface area contributed by atoms with Crippen molar-refractivity contribution in [2.45, 2.75) is 32.3 Å². The van der Waals surface area contributed by atoms with E-state index in [0.29, 0.717) is 17.9 Å². The lowest BCUT2D eigenvalue weighted by atomic mass is 10.1. The van der Waals surface area contributed by atoms with Crippen LogP contribution in [0.25, 0.3) is 0 Å². The van der Waals surface area contributed by atoms with Crippen molar-refractivity contribution in [3.05, 3.63) is 29.8 Å². The molecule has 0 aromatic heterocycles. The number of carbonyl (C=O) groups excluding carboxylic acids is 1. The molecule has 0 spiro atoms. The van der Waals surface area contributed by atoms with Crippen LogP contribution in [-0.4, -0.2) is 48.1 Å². The van der Waals surface area contributed by atoms with Crippen LogP contribution in [0.3, 0.4) is 0 Å². The number of ether oxygens (including phenoxy) is 1. The zero-order valence-corrected chi connectivity index (χ0v) is 13.3. The summed E-state index contributed by atoms with van der Waals surface area (Å²) in [6.45, 7) is 4.50. The van der Waals surface area contributed by atoms with Gasteiger partial charge in [0.1, 0.15) is 18.5 Å². The van der Waals surface area contributed by atoms with Crippen LogP contribution in [0.4, 0.5) is 0 Å². The van der Waals surface area contributed by atoms with Crippen LogP contribution in [0.1, 0.15) is 36.5 Å². The third kappa shape index (κ3) is 5.65. The van der Waals surface area contributed by atoms with Crippen LogP contribution in [0, 0.1) is 0 Å². The molecule has 1 unspecified atom stereocenters. The molecule has 1 aliphatic rings. The second-order valence-corrected chi connectivity index (χ2v) is 5.38. The molecule has 1 aliphatic heterocycles. The first-order chi connectivity index (χ1) is 9.66. The van der Waals surface area contributed by atoms with Gasteiger partial charge in [0, 0.05) is 6.54 Å². The number of para-hydroxylation sites is 1. The number of rotatable bonds is 6. The van der Waals surface area contributed by atoms with Gasteiger partial charge in [0.25, 0.3) is 0 Å². The molecule has 0 radical (unpaired) electrons. The molecule has 1 aromatic rings. The van der Waals surface area contributed by atoms with Crippen molar-refractivity contribution in [3.63, 3.8) is 0 Å². The maximum Gasteiger partial charge on any atom is 0.163 e. The highest BCUT2D eigenvalue weighted by molar-refractivity contribution is 5.96. The maximum atomic E-state index is 11.5. The van der Waals surface area contributed by atoms with Crippen molar-refractivity contribution in [2.75, 3.05) is 26.2 Å². The summed E-state index contributed by atoms with van der Waals surface area (Å²) in [6, 6.07) is 7.16. The number of Topliss-reactive ketones (excluding diaryl/α,β-unsaturated/α-hetero) is 1. The number of aliphatic hydroxyl groups excluding tert-OH is 1. The first kappa shape index (κ1) is 18.0. The summed E-state index contributed by atoms with van der Waals surface area (Å²) in [5.74, 6) is 0.531. The molecule has 1 fully saturated rings. The SMILES string of the molecule is CC(=O)c1ccccc1OCC(O)CN1CCCCC1.Cl. The molecule has 21 heavy (non-hydrogen) atoms. The Kier molecular flexibility index (Phi) is 7.72. The molecule has 1 saturated heterocycles. The van der Waals surface area contributed by atoms with Gasteiger partial charge in [-0.15, -0.1) is 12.4 Å². The van der Waals surface area contributed by atoms with Crippen molar-refractivity contribution < 1.29 is 14.6 Å². The lowest BCUT2D eigenvalue weighted by Gasteiger charge is -2.28. The molecule has 5 heteroatoms. The second-order valence-electron chi connectivity index (χ2n) is 5.38. The summed E-state index contributed by atoms with van der Waals surface area (Å²) < 4.78 is 5.60. The molecular formula is C16H24ClNO3. The van der Waals surface area contributed by atoms with Crippen LogP contribution >= 0.6 is 12.4 Å². The van der Waals surface area contributed by atoms with Gasteiger partial charge in [0.15, 0.2) is 5.78 Å². The van der Waals surface area contributed by atoms with Crippen molar-refractivity contribution in [3.8, 4) is 5.75 Å². The number of likely N-dealkylation sites (tertiary alicyclic amines) is 1. The van der Waals surface area contributed by atoms with Gasteiger partial charge in [-0.25, -0.2) is 0 Å². The van der Waals surface area contributed by atoms with E-state index in [9.17, 15) is 9.90 Å². The fourth-order valence-corrected chi connectivity index (χ4v) is 2.56. The van der Waals surface area contributed by atoms with E-state index < -0.39 is 6.10 Å². The number of β-amino-alcohol motifs (C(OH)–C–C–N with tert-alkyl or cyclic N) is 1. The summed E-state index contributed by atoms with van der Waals surface area (Å²) in [4.78, 5) is 13.7. The fourth-order valence-electron chi connectivity index (χ4n) is 2.56. The number of aliphatic hydroxyl groups is 1. The van der Waals surface area contributed by atoms with Crippen LogP contribution in [0.2, 0.25) is 0 Å². The van der Waals surface area contributed by atoms with Gasteiger partial charge in [-0.1, -0.05) is 18.6 Å². The van der Waals surface area contributed by atoms with E-state index >= 15 is 0 Å². The summed E-state index contributed by atoms with van der Waals surface area (Å²) in [6.07, 6.45) is 3.18. The number of nitrogens with zero attached hydrogens (tertiary/aromatic N) is 1. The quantitative estimate of drug-likeness (QED) is 0.820. The third-order valence-electron chi connectivity index (χ3n) is 3.62. The molecule has 0 saturated carbocycles. The van der Waals surface area contributed by atoms with Gasteiger partial charge in [-0.2, -0.15) is 0 Å². The predicted molar refractivity (Wildman–Crippen MR) is 85.5 cm³/mol. The number of hydrogen-bond acceptors (Lipinski definition) is 4. The Balaban J connectivity index is 0.00000220. The van der Waals surface area contributed by atoms with Crippen molar-refractivity contribution in [1.82, 2.24) is 4.90 Å². The molecule has 4 nitrogen and oxygen atoms in total. The Hall–Kier alpha value is -1.10. The normalized spacial score (nSPS) is 16.9. The lowest BCUT2D eigenvalue weighted by molar-refractivity contribution is 0.0611. The van der Waals surface area contributed by atoms with Crippen molar-refractivity contribution in [2.24, 2.45) is 0 Å². The molecule has 0 bridgehead atoms. The molecule has 118 valence electrons. The average molecular weight is 314 g/mol. The Morgan fingerprint density at radius 2 is 1.95 bits per heavy atom. The van der Waals surface area contributed by atoms with Gasteiger partial charge < -0.3 is 14.7 Å². The number of ketones is 1. The molecule has 0 aliphatic carbocycles. The van der Waals surface area contributed by atoms with Gasteiger partial charge in [0.2, 0.25) is 0 Å². The summed E-state index contributed by atoms with van der Waals surface area (Å²) in [7, 11) is 0. The van der Waals surface area contributed by atoms with Crippen molar-refractivity contribution in [1.29, 1.82) is 0 Å². The highest BCUT2D eigenvalue weighted by Gasteiger charge is 2.16. The Morgan fingerprint density at radius 3 is 2.62 bits per heavy atom. The molecule has 2 rings (SSSR count). The Morgan fingerprint density at radius 1 is 1.29 bits per heavy atom. The third-order valence-corrected chi connectivity index (χ3v) is 3.62. The molecule has 1 heterocycles. The number of benzene rings is 1. The van der Waals surface area contributed by atoms with Crippen LogP contribution in [0.15, 0.2) is 24.3 Å². The zero-order valence-electron chi connectivity index (χ0n) is 12.5. The fraction of sp³-hybridized carbons (Fsp3) is 0.562. The number of hydrogen-bond donors (Lipinski definition) is 1. The molecule has 1 atom stereocenters. The Labute approximate surface area is 132 Å². The number of piperidine rings is 1. The number of halogens is 1. The van der Waals surface area contributed by atoms with Crippen LogP contribution in [0.5, 0.6) is 5.75 Å². The predicted octanol–water partition coefficient (Wildman–Crippen LogP) is 2.54. The van der Waals surface area contributed by atoms with E-state index in [2.05, 4.69) is 4.90 Å². The minimum Gasteiger partial charge on any atom is -0.490 e. The highest BCUT2D eigenvalue weighted by Crippen LogP contribution is 2.18. The van der Waals surface area contributed by atoms with E-state index in [1.54, 1.807) is 12.1 Å². The standard InChI is InChI=1S/C16H23NO3.ClH/c1-13(18)15-7-3-4-8-16(15)20-12-14(19)11-17-9-5-2-6-10-17;/h3-4,7-8,14,19H,2,5-6,9-12H2,1H3;1H. The van der Waals surface area contributed by atoms with E-state index in [-0.39, 0.29) is 24.8 Å². The second kappa shape index (κ2) is 9.03. The molecule has 1 aromatic carbocycles. The van der Waals surface area contributed by atoms with Crippen molar-refractivity contribution >= 4 is 18.2 Å². The van der Waals surface area contributed by atoms with E-state index in [0.717, 1.165) is 13.1 Å². The topological polar surface area (TPSA) is 49.8 Å². The molecule has 1 N–H and O–H groups in total. The minimum absolute atomic E-state index is 0. The summed E-state index contributed by atoms with van der Waals surface area (Å²) >= 11 is 0. The number of carbonyl (C=O) groups is 1. The lowest BCUT2D eigenvalue weighted by Crippen LogP contribution is -2.38. The van der Waals surface area contributed by atoms with Crippen LogP contribution < -0.4 is 4.74 Å². The zero-order chi connectivity index (χ0) is 14.4. The van der Waals surface area contributed by atoms with Crippen LogP contribution in [-0.2, 0) is 0 Å². The van der Waals surface area contributed by atoms with Gasteiger partial charge in [-0.3, -0.25) is 4.79 Å². The van der Waals surface area contributed by atoms with E-state index in [1.165, 1.54) is 26.2 Å². The minimum atomic E-state index is -0.520. The van der Waals surface area contributed by atoms with Gasteiger partial charge >= 0.3 is 0 Å². The summed E-state index contributed by atoms with van der Waals surface area (Å²) in [5, 5.41) is 10.0. The highest BCUT2D eigenvalue weighted by atomic mass is 35.5. The van der Waals surface area contributed by atoms with Gasteiger partial charge in [-0.05, 0) is 45.0 Å².